The Morgan fingerprint density at radius 3 is 2.82 bits per heavy atom. The van der Waals surface area contributed by atoms with Gasteiger partial charge in [-0.3, -0.25) is 19.2 Å². The van der Waals surface area contributed by atoms with Crippen molar-refractivity contribution in [2.45, 2.75) is 57.0 Å². The van der Waals surface area contributed by atoms with Crippen molar-refractivity contribution < 1.29 is 29.0 Å². The number of methoxy groups -OCH3 is 1. The molecule has 6 rings (SSSR count). The van der Waals surface area contributed by atoms with Gasteiger partial charge in [-0.15, -0.1) is 0 Å². The maximum absolute atomic E-state index is 13.8. The van der Waals surface area contributed by atoms with Gasteiger partial charge in [0.05, 0.1) is 13.2 Å². The highest BCUT2D eigenvalue weighted by atomic mass is 16.5. The number of piperidine rings is 1. The standard InChI is InChI=1S/C29H36N4O6/c1-39-24-7-3-6-20-19(24)11-22(31-20)28(38)33-13-16-4-2-5-18(16)25(33)27(37)32-21(23(35)14-34)10-17-12-29(8-9-29)15-30-26(17)36/h3,6-7,11,16-18,21,25,31,34H,2,4-5,8-10,12-15H2,1H3,(H,30,36)(H,32,37)/t16-,17+,18-,21-,25-/m0/s1. The predicted octanol–water partition coefficient (Wildman–Crippen LogP) is 1.77. The SMILES string of the molecule is COc1cccc2[nH]c(C(=O)N3C[C@@H]4CCC[C@@H]4[C@H]3C(=O)N[C@@H](C[C@@H]3CC4(CC4)CNC3=O)C(=O)CO)cc12. The van der Waals surface area contributed by atoms with E-state index in [2.05, 4.69) is 15.6 Å². The molecule has 208 valence electrons. The molecule has 2 aliphatic heterocycles. The molecule has 10 nitrogen and oxygen atoms in total. The highest BCUT2D eigenvalue weighted by Gasteiger charge is 2.51. The lowest BCUT2D eigenvalue weighted by Gasteiger charge is -2.32. The lowest BCUT2D eigenvalue weighted by atomic mass is 9.82. The zero-order valence-corrected chi connectivity index (χ0v) is 22.2. The molecule has 0 unspecified atom stereocenters. The summed E-state index contributed by atoms with van der Waals surface area (Å²) >= 11 is 0. The van der Waals surface area contributed by atoms with Crippen molar-refractivity contribution in [2.24, 2.45) is 23.2 Å². The molecule has 2 saturated carbocycles. The first-order valence-corrected chi connectivity index (χ1v) is 14.0. The van der Waals surface area contributed by atoms with Crippen molar-refractivity contribution in [3.63, 3.8) is 0 Å². The van der Waals surface area contributed by atoms with Gasteiger partial charge in [0.15, 0.2) is 5.78 Å². The van der Waals surface area contributed by atoms with Crippen LogP contribution in [0.25, 0.3) is 10.9 Å². The van der Waals surface area contributed by atoms with Crippen LogP contribution in [0.15, 0.2) is 24.3 Å². The summed E-state index contributed by atoms with van der Waals surface area (Å²) in [5, 5.41) is 16.3. The van der Waals surface area contributed by atoms with E-state index in [-0.39, 0.29) is 35.5 Å². The molecule has 39 heavy (non-hydrogen) atoms. The molecular formula is C29H36N4O6. The molecule has 1 aromatic carbocycles. The smallest absolute Gasteiger partial charge is 0.271 e. The lowest BCUT2D eigenvalue weighted by molar-refractivity contribution is -0.134. The number of Topliss-reactive ketones (excluding diaryl/α,β-unsaturated/α-hetero) is 1. The number of carbonyl (C=O) groups excluding carboxylic acids is 4. The minimum atomic E-state index is -0.984. The minimum absolute atomic E-state index is 0.00505. The van der Waals surface area contributed by atoms with Gasteiger partial charge in [0.25, 0.3) is 5.91 Å². The van der Waals surface area contributed by atoms with Gasteiger partial charge in [0.1, 0.15) is 24.1 Å². The fraction of sp³-hybridized carbons (Fsp3) is 0.586. The van der Waals surface area contributed by atoms with Crippen molar-refractivity contribution in [1.29, 1.82) is 0 Å². The van der Waals surface area contributed by atoms with Crippen LogP contribution < -0.4 is 15.4 Å². The van der Waals surface area contributed by atoms with E-state index >= 15 is 0 Å². The number of hydrogen-bond donors (Lipinski definition) is 4. The van der Waals surface area contributed by atoms with Crippen molar-refractivity contribution in [2.75, 3.05) is 26.8 Å². The zero-order chi connectivity index (χ0) is 27.3. The van der Waals surface area contributed by atoms with Crippen LogP contribution in [-0.2, 0) is 14.4 Å². The third-order valence-electron chi connectivity index (χ3n) is 9.52. The number of aromatic amines is 1. The number of nitrogens with zero attached hydrogens (tertiary/aromatic N) is 1. The molecule has 2 aromatic rings. The van der Waals surface area contributed by atoms with E-state index in [0.717, 1.165) is 43.0 Å². The minimum Gasteiger partial charge on any atom is -0.496 e. The quantitative estimate of drug-likeness (QED) is 0.405. The normalized spacial score (nSPS) is 27.7. The van der Waals surface area contributed by atoms with Crippen LogP contribution in [0, 0.1) is 23.2 Å². The van der Waals surface area contributed by atoms with Crippen molar-refractivity contribution in [3.8, 4) is 5.75 Å². The van der Waals surface area contributed by atoms with Crippen LogP contribution in [0.2, 0.25) is 0 Å². The van der Waals surface area contributed by atoms with Gasteiger partial charge in [-0.25, -0.2) is 0 Å². The zero-order valence-electron chi connectivity index (χ0n) is 22.2. The number of likely N-dealkylation sites (tertiary alicyclic amines) is 1. The van der Waals surface area contributed by atoms with Crippen LogP contribution in [-0.4, -0.2) is 77.4 Å². The topological polar surface area (TPSA) is 141 Å². The van der Waals surface area contributed by atoms with Crippen molar-refractivity contribution >= 4 is 34.4 Å². The average Bonchev–Trinajstić information content (AvgIpc) is 3.27. The summed E-state index contributed by atoms with van der Waals surface area (Å²) in [4.78, 5) is 57.8. The van der Waals surface area contributed by atoms with E-state index < -0.39 is 36.3 Å². The molecule has 1 spiro atoms. The molecule has 4 fully saturated rings. The first-order chi connectivity index (χ1) is 18.8. The molecule has 5 atom stereocenters. The number of amides is 3. The molecule has 3 amide bonds. The van der Waals surface area contributed by atoms with Gasteiger partial charge in [-0.2, -0.15) is 0 Å². The van der Waals surface area contributed by atoms with Crippen LogP contribution in [0.4, 0.5) is 0 Å². The van der Waals surface area contributed by atoms with Crippen LogP contribution in [0.3, 0.4) is 0 Å². The van der Waals surface area contributed by atoms with Crippen LogP contribution >= 0.6 is 0 Å². The first kappa shape index (κ1) is 25.9. The molecule has 0 bridgehead atoms. The number of nitrogens with one attached hydrogen (secondary N) is 3. The molecule has 4 aliphatic rings. The van der Waals surface area contributed by atoms with E-state index in [1.165, 1.54) is 0 Å². The van der Waals surface area contributed by atoms with Gasteiger partial charge in [0, 0.05) is 29.9 Å². The molecule has 10 heteroatoms. The Bertz CT molecular complexity index is 1320. The molecule has 2 aliphatic carbocycles. The largest absolute Gasteiger partial charge is 0.496 e. The average molecular weight is 537 g/mol. The van der Waals surface area contributed by atoms with Crippen molar-refractivity contribution in [3.05, 3.63) is 30.0 Å². The molecule has 0 radical (unpaired) electrons. The summed E-state index contributed by atoms with van der Waals surface area (Å²) in [6, 6.07) is 5.60. The number of benzene rings is 1. The predicted molar refractivity (Wildman–Crippen MR) is 142 cm³/mol. The Kier molecular flexibility index (Phi) is 6.61. The number of rotatable bonds is 8. The molecular weight excluding hydrogens is 500 g/mol. The number of hydrogen-bond acceptors (Lipinski definition) is 6. The second kappa shape index (κ2) is 9.97. The molecule has 2 saturated heterocycles. The third-order valence-corrected chi connectivity index (χ3v) is 9.52. The number of ether oxygens (including phenoxy) is 1. The monoisotopic (exact) mass is 536 g/mol. The number of fused-ring (bicyclic) bond motifs is 2. The Morgan fingerprint density at radius 2 is 2.08 bits per heavy atom. The highest BCUT2D eigenvalue weighted by Crippen LogP contribution is 2.52. The second-order valence-corrected chi connectivity index (χ2v) is 11.9. The number of aliphatic hydroxyl groups is 1. The molecule has 3 heterocycles. The van der Waals surface area contributed by atoms with E-state index in [4.69, 9.17) is 4.74 Å². The number of aliphatic hydroxyl groups excluding tert-OH is 1. The second-order valence-electron chi connectivity index (χ2n) is 11.9. The summed E-state index contributed by atoms with van der Waals surface area (Å²) in [6.07, 6.45) is 5.71. The van der Waals surface area contributed by atoms with E-state index in [0.29, 0.717) is 31.0 Å². The Balaban J connectivity index is 1.23. The molecule has 4 N–H and O–H groups in total. The van der Waals surface area contributed by atoms with E-state index in [1.54, 1.807) is 18.1 Å². The summed E-state index contributed by atoms with van der Waals surface area (Å²) in [6.45, 7) is 0.413. The van der Waals surface area contributed by atoms with Crippen molar-refractivity contribution in [1.82, 2.24) is 20.5 Å². The van der Waals surface area contributed by atoms with Crippen LogP contribution in [0.5, 0.6) is 5.75 Å². The lowest BCUT2D eigenvalue weighted by Crippen LogP contribution is -2.54. The fourth-order valence-electron chi connectivity index (χ4n) is 7.20. The number of H-pyrrole nitrogens is 1. The third kappa shape index (κ3) is 4.68. The summed E-state index contributed by atoms with van der Waals surface area (Å²) in [5.74, 6) is -0.816. The first-order valence-electron chi connectivity index (χ1n) is 14.0. The van der Waals surface area contributed by atoms with Gasteiger partial charge >= 0.3 is 0 Å². The van der Waals surface area contributed by atoms with E-state index in [9.17, 15) is 24.3 Å². The Labute approximate surface area is 226 Å². The highest BCUT2D eigenvalue weighted by molar-refractivity contribution is 6.02. The number of ketones is 1. The van der Waals surface area contributed by atoms with Gasteiger partial charge in [0.2, 0.25) is 11.8 Å². The van der Waals surface area contributed by atoms with Gasteiger partial charge in [-0.1, -0.05) is 12.5 Å². The fourth-order valence-corrected chi connectivity index (χ4v) is 7.20. The molecule has 1 aromatic heterocycles. The summed E-state index contributed by atoms with van der Waals surface area (Å²) < 4.78 is 5.44. The van der Waals surface area contributed by atoms with E-state index in [1.807, 2.05) is 18.2 Å². The number of aromatic nitrogens is 1. The maximum atomic E-state index is 13.8. The van der Waals surface area contributed by atoms with Gasteiger partial charge in [-0.05, 0) is 74.0 Å². The maximum Gasteiger partial charge on any atom is 0.271 e. The van der Waals surface area contributed by atoms with Gasteiger partial charge < -0.3 is 30.4 Å². The summed E-state index contributed by atoms with van der Waals surface area (Å²) in [5.41, 5.74) is 1.26. The van der Waals surface area contributed by atoms with Crippen LogP contribution in [0.1, 0.15) is 55.4 Å². The number of carbonyl (C=O) groups is 4. The Hall–Kier alpha value is -3.40. The summed E-state index contributed by atoms with van der Waals surface area (Å²) in [7, 11) is 1.58. The Morgan fingerprint density at radius 1 is 1.26 bits per heavy atom.